The smallest absolute Gasteiger partial charge is 0.0577 e. The molecule has 0 spiro atoms. The fraction of sp³-hybridized carbons (Fsp3) is 0.143. The topological polar surface area (TPSA) is 38.0 Å². The summed E-state index contributed by atoms with van der Waals surface area (Å²) in [4.78, 5) is 0. The molecule has 2 rings (SSSR count). The van der Waals surface area contributed by atoms with E-state index in [1.54, 1.807) is 6.07 Å². The highest BCUT2D eigenvalue weighted by Crippen LogP contribution is 2.23. The van der Waals surface area contributed by atoms with Gasteiger partial charge in [-0.05, 0) is 30.7 Å². The Kier molecular flexibility index (Phi) is 3.55. The largest absolute Gasteiger partial charge is 0.397 e. The minimum Gasteiger partial charge on any atom is -0.397 e. The van der Waals surface area contributed by atoms with Crippen LogP contribution < -0.4 is 11.1 Å². The Morgan fingerprint density at radius 3 is 2.47 bits per heavy atom. The molecule has 0 aliphatic carbocycles. The van der Waals surface area contributed by atoms with E-state index >= 15 is 0 Å². The van der Waals surface area contributed by atoms with Crippen molar-refractivity contribution < 1.29 is 0 Å². The van der Waals surface area contributed by atoms with Gasteiger partial charge < -0.3 is 11.1 Å². The molecular weight excluding hydrogens is 232 g/mol. The number of hydrogen-bond donors (Lipinski definition) is 2. The molecule has 88 valence electrons. The van der Waals surface area contributed by atoms with Crippen LogP contribution in [-0.2, 0) is 6.54 Å². The lowest BCUT2D eigenvalue weighted by Crippen LogP contribution is -2.02. The maximum Gasteiger partial charge on any atom is 0.0577 e. The number of benzene rings is 2. The second-order valence-corrected chi connectivity index (χ2v) is 4.51. The van der Waals surface area contributed by atoms with Gasteiger partial charge in [0.15, 0.2) is 0 Å². The Balaban J connectivity index is 2.04. The zero-order valence-electron chi connectivity index (χ0n) is 9.70. The van der Waals surface area contributed by atoms with E-state index in [0.717, 1.165) is 12.2 Å². The molecule has 0 fully saturated rings. The normalized spacial score (nSPS) is 10.2. The van der Waals surface area contributed by atoms with E-state index in [4.69, 9.17) is 17.3 Å². The Morgan fingerprint density at radius 1 is 1.12 bits per heavy atom. The molecule has 3 heteroatoms. The summed E-state index contributed by atoms with van der Waals surface area (Å²) in [6, 6.07) is 13.9. The van der Waals surface area contributed by atoms with Gasteiger partial charge >= 0.3 is 0 Å². The quantitative estimate of drug-likeness (QED) is 0.808. The monoisotopic (exact) mass is 246 g/mol. The Morgan fingerprint density at radius 2 is 1.82 bits per heavy atom. The van der Waals surface area contributed by atoms with E-state index in [-0.39, 0.29) is 0 Å². The third kappa shape index (κ3) is 3.14. The molecule has 0 aromatic heterocycles. The number of anilines is 2. The van der Waals surface area contributed by atoms with Crippen molar-refractivity contribution in [2.24, 2.45) is 0 Å². The fourth-order valence-electron chi connectivity index (χ4n) is 1.60. The summed E-state index contributed by atoms with van der Waals surface area (Å²) in [5, 5.41) is 3.95. The molecule has 0 amide bonds. The predicted molar refractivity (Wildman–Crippen MR) is 74.4 cm³/mol. The van der Waals surface area contributed by atoms with Crippen molar-refractivity contribution in [1.29, 1.82) is 0 Å². The predicted octanol–water partition coefficient (Wildman–Crippen LogP) is 3.84. The Labute approximate surface area is 106 Å². The summed E-state index contributed by atoms with van der Waals surface area (Å²) in [6.45, 7) is 2.83. The van der Waals surface area contributed by atoms with Gasteiger partial charge in [-0.1, -0.05) is 41.4 Å². The summed E-state index contributed by atoms with van der Waals surface area (Å²) < 4.78 is 0. The van der Waals surface area contributed by atoms with Crippen LogP contribution in [0.1, 0.15) is 11.1 Å². The average molecular weight is 247 g/mol. The number of nitrogens with two attached hydrogens (primary N) is 1. The molecule has 0 atom stereocenters. The molecule has 17 heavy (non-hydrogen) atoms. The first-order valence-electron chi connectivity index (χ1n) is 5.49. The van der Waals surface area contributed by atoms with Crippen molar-refractivity contribution in [3.05, 3.63) is 58.6 Å². The first kappa shape index (κ1) is 11.8. The molecule has 0 saturated carbocycles. The first-order valence-corrected chi connectivity index (χ1v) is 5.87. The van der Waals surface area contributed by atoms with Crippen molar-refractivity contribution in [1.82, 2.24) is 0 Å². The van der Waals surface area contributed by atoms with Crippen molar-refractivity contribution in [3.8, 4) is 0 Å². The van der Waals surface area contributed by atoms with Crippen LogP contribution in [0.4, 0.5) is 11.4 Å². The highest BCUT2D eigenvalue weighted by molar-refractivity contribution is 6.31. The van der Waals surface area contributed by atoms with Crippen LogP contribution in [0.3, 0.4) is 0 Å². The summed E-state index contributed by atoms with van der Waals surface area (Å²) in [7, 11) is 0. The molecule has 0 heterocycles. The van der Waals surface area contributed by atoms with Crippen LogP contribution in [0.2, 0.25) is 5.02 Å². The lowest BCUT2D eigenvalue weighted by Gasteiger charge is -2.09. The third-order valence-corrected chi connectivity index (χ3v) is 2.85. The maximum atomic E-state index is 5.86. The molecule has 0 saturated heterocycles. The van der Waals surface area contributed by atoms with Crippen LogP contribution in [0.15, 0.2) is 42.5 Å². The van der Waals surface area contributed by atoms with E-state index in [1.165, 1.54) is 11.1 Å². The van der Waals surface area contributed by atoms with E-state index in [9.17, 15) is 0 Å². The summed E-state index contributed by atoms with van der Waals surface area (Å²) in [5.74, 6) is 0. The summed E-state index contributed by atoms with van der Waals surface area (Å²) in [6.07, 6.45) is 0. The van der Waals surface area contributed by atoms with Gasteiger partial charge in [-0.3, -0.25) is 0 Å². The number of aryl methyl sites for hydroxylation is 1. The average Bonchev–Trinajstić information content (AvgIpc) is 2.30. The standard InChI is InChI=1S/C14H15ClN2/c1-10-2-4-11(5-3-10)9-17-14-7-6-12(15)8-13(14)16/h2-8,17H,9,16H2,1H3. The Hall–Kier alpha value is -1.67. The van der Waals surface area contributed by atoms with Crippen LogP contribution in [0, 0.1) is 6.92 Å². The van der Waals surface area contributed by atoms with Gasteiger partial charge in [0.1, 0.15) is 0 Å². The highest BCUT2D eigenvalue weighted by atomic mass is 35.5. The van der Waals surface area contributed by atoms with E-state index in [2.05, 4.69) is 36.5 Å². The second-order valence-electron chi connectivity index (χ2n) is 4.07. The van der Waals surface area contributed by atoms with E-state index in [0.29, 0.717) is 10.7 Å². The SMILES string of the molecule is Cc1ccc(CNc2ccc(Cl)cc2N)cc1. The van der Waals surface area contributed by atoms with Crippen LogP contribution >= 0.6 is 11.6 Å². The number of nitrogen functional groups attached to an aromatic ring is 1. The van der Waals surface area contributed by atoms with Gasteiger partial charge in [-0.15, -0.1) is 0 Å². The van der Waals surface area contributed by atoms with E-state index < -0.39 is 0 Å². The molecule has 2 aromatic rings. The Bertz CT molecular complexity index is 506. The maximum absolute atomic E-state index is 5.86. The summed E-state index contributed by atoms with van der Waals surface area (Å²) >= 11 is 5.84. The number of halogens is 1. The van der Waals surface area contributed by atoms with Gasteiger partial charge in [-0.2, -0.15) is 0 Å². The zero-order valence-corrected chi connectivity index (χ0v) is 10.5. The first-order chi connectivity index (χ1) is 8.15. The molecule has 0 aliphatic heterocycles. The second kappa shape index (κ2) is 5.11. The number of nitrogens with one attached hydrogen (secondary N) is 1. The molecule has 3 N–H and O–H groups in total. The van der Waals surface area contributed by atoms with Gasteiger partial charge in [0, 0.05) is 11.6 Å². The lowest BCUT2D eigenvalue weighted by atomic mass is 10.1. The highest BCUT2D eigenvalue weighted by Gasteiger charge is 1.99. The van der Waals surface area contributed by atoms with Crippen molar-refractivity contribution in [2.75, 3.05) is 11.1 Å². The van der Waals surface area contributed by atoms with Crippen molar-refractivity contribution in [3.63, 3.8) is 0 Å². The molecule has 0 bridgehead atoms. The number of rotatable bonds is 3. The van der Waals surface area contributed by atoms with Gasteiger partial charge in [-0.25, -0.2) is 0 Å². The lowest BCUT2D eigenvalue weighted by molar-refractivity contribution is 1.15. The molecule has 0 radical (unpaired) electrons. The molecule has 0 unspecified atom stereocenters. The minimum absolute atomic E-state index is 0.656. The van der Waals surface area contributed by atoms with Crippen molar-refractivity contribution >= 4 is 23.0 Å². The van der Waals surface area contributed by atoms with Crippen LogP contribution in [0.25, 0.3) is 0 Å². The van der Waals surface area contributed by atoms with Gasteiger partial charge in [0.25, 0.3) is 0 Å². The summed E-state index contributed by atoms with van der Waals surface area (Å²) in [5.41, 5.74) is 9.94. The van der Waals surface area contributed by atoms with Crippen LogP contribution in [0.5, 0.6) is 0 Å². The molecular formula is C14H15ClN2. The molecule has 2 nitrogen and oxygen atoms in total. The van der Waals surface area contributed by atoms with Crippen LogP contribution in [-0.4, -0.2) is 0 Å². The molecule has 2 aromatic carbocycles. The van der Waals surface area contributed by atoms with Gasteiger partial charge in [0.05, 0.1) is 11.4 Å². The zero-order chi connectivity index (χ0) is 12.3. The van der Waals surface area contributed by atoms with Crippen molar-refractivity contribution in [2.45, 2.75) is 13.5 Å². The number of hydrogen-bond acceptors (Lipinski definition) is 2. The third-order valence-electron chi connectivity index (χ3n) is 2.62. The van der Waals surface area contributed by atoms with E-state index in [1.807, 2.05) is 12.1 Å². The molecule has 0 aliphatic rings. The van der Waals surface area contributed by atoms with Gasteiger partial charge in [0.2, 0.25) is 0 Å². The fourth-order valence-corrected chi connectivity index (χ4v) is 1.78. The minimum atomic E-state index is 0.656.